The molecule has 10 nitrogen and oxygen atoms in total. The number of aliphatic hydroxyl groups excluding tert-OH is 1. The first-order valence-electron chi connectivity index (χ1n) is 9.86. The van der Waals surface area contributed by atoms with Crippen LogP contribution in [0, 0.1) is 43.6 Å². The Kier molecular flexibility index (Phi) is 9.48. The summed E-state index contributed by atoms with van der Waals surface area (Å²) < 4.78 is 10.1. The van der Waals surface area contributed by atoms with Gasteiger partial charge in [-0.15, -0.1) is 6.58 Å². The van der Waals surface area contributed by atoms with Gasteiger partial charge in [0, 0.05) is 50.0 Å². The van der Waals surface area contributed by atoms with Crippen molar-refractivity contribution >= 4 is 23.9 Å². The topological polar surface area (TPSA) is 134 Å². The van der Waals surface area contributed by atoms with E-state index in [9.17, 15) is 24.3 Å². The van der Waals surface area contributed by atoms with Gasteiger partial charge >= 0.3 is 12.1 Å². The number of nitrogens with zero attached hydrogens (tertiary/aromatic N) is 1. The molecule has 2 fully saturated rings. The molecule has 1 aliphatic heterocycles. The first kappa shape index (κ1) is 27.3. The standard InChI is InChI=1S/C20H30N3O7.U/c1-6-12-9-20(12,17(27)29-7-2)22-16(26)14-8-13(24)11-23(14)15(25)10-21-18(28)30-19(3,4)5;/h6,10,12-14,24H,1,7-9,11H2,2-5H3,(H,21,28)(H,22,26);/q-1;/t12-,13-,14+,20-;/m1./s1. The Labute approximate surface area is 205 Å². The maximum Gasteiger partial charge on any atom is 0.381 e. The smallest absolute Gasteiger partial charge is 0.381 e. The van der Waals surface area contributed by atoms with Crippen molar-refractivity contribution in [2.75, 3.05) is 13.2 Å². The molecule has 0 radical (unpaired) electrons. The van der Waals surface area contributed by atoms with Crippen molar-refractivity contribution in [2.45, 2.75) is 63.8 Å². The molecular weight excluding hydrogens is 632 g/mol. The van der Waals surface area contributed by atoms with Gasteiger partial charge in [-0.1, -0.05) is 6.08 Å². The number of hydrogen-bond acceptors (Lipinski definition) is 7. The molecule has 3 N–H and O–H groups in total. The Morgan fingerprint density at radius 3 is 2.48 bits per heavy atom. The van der Waals surface area contributed by atoms with Crippen molar-refractivity contribution < 1.29 is 64.9 Å². The molecule has 172 valence electrons. The van der Waals surface area contributed by atoms with Crippen molar-refractivity contribution in [3.8, 4) is 0 Å². The van der Waals surface area contributed by atoms with E-state index in [-0.39, 0.29) is 56.6 Å². The first-order chi connectivity index (χ1) is 13.9. The predicted molar refractivity (Wildman–Crippen MR) is 106 cm³/mol. The molecule has 0 aromatic rings. The maximum atomic E-state index is 12.9. The molecule has 0 spiro atoms. The van der Waals surface area contributed by atoms with E-state index in [0.29, 0.717) is 6.42 Å². The maximum absolute atomic E-state index is 12.9. The number of aliphatic hydroxyl groups is 1. The molecule has 1 aliphatic carbocycles. The molecule has 3 amide bonds. The summed E-state index contributed by atoms with van der Waals surface area (Å²) in [4.78, 5) is 50.6. The van der Waals surface area contributed by atoms with Crippen LogP contribution in [0.3, 0.4) is 0 Å². The van der Waals surface area contributed by atoms with Gasteiger partial charge in [0.1, 0.15) is 23.1 Å². The summed E-state index contributed by atoms with van der Waals surface area (Å²) in [5, 5.41) is 14.9. The minimum Gasteiger partial charge on any atom is -0.464 e. The number of amides is 3. The Hall–Kier alpha value is -1.70. The number of ether oxygens (including phenoxy) is 2. The second-order valence-electron chi connectivity index (χ2n) is 8.41. The van der Waals surface area contributed by atoms with Gasteiger partial charge in [0.25, 0.3) is 0 Å². The summed E-state index contributed by atoms with van der Waals surface area (Å²) in [6.07, 6.45) is 0.214. The number of esters is 1. The van der Waals surface area contributed by atoms with Gasteiger partial charge in [0.05, 0.1) is 12.7 Å². The van der Waals surface area contributed by atoms with Gasteiger partial charge in [-0.2, -0.15) is 0 Å². The summed E-state index contributed by atoms with van der Waals surface area (Å²) in [5.41, 5.74) is -1.93. The van der Waals surface area contributed by atoms with E-state index in [1.54, 1.807) is 33.8 Å². The van der Waals surface area contributed by atoms with Gasteiger partial charge in [-0.3, -0.25) is 4.79 Å². The number of likely N-dealkylation sites (tertiary alicyclic amines) is 1. The second-order valence-corrected chi connectivity index (χ2v) is 8.41. The van der Waals surface area contributed by atoms with Crippen LogP contribution in [0.2, 0.25) is 0 Å². The van der Waals surface area contributed by atoms with Gasteiger partial charge < -0.3 is 34.9 Å². The summed E-state index contributed by atoms with van der Waals surface area (Å²) in [5.74, 6) is -2.07. The zero-order valence-electron chi connectivity index (χ0n) is 18.3. The second kappa shape index (κ2) is 10.7. The number of nitrogens with one attached hydrogen (secondary N) is 2. The molecule has 1 saturated heterocycles. The normalized spacial score (nSPS) is 26.7. The molecule has 1 heterocycles. The van der Waals surface area contributed by atoms with Crippen LogP contribution >= 0.6 is 0 Å². The van der Waals surface area contributed by atoms with Crippen molar-refractivity contribution in [3.63, 3.8) is 0 Å². The average molecular weight is 663 g/mol. The molecule has 0 unspecified atom stereocenters. The van der Waals surface area contributed by atoms with Gasteiger partial charge in [-0.05, 0) is 34.1 Å². The van der Waals surface area contributed by atoms with E-state index in [1.807, 2.05) is 0 Å². The van der Waals surface area contributed by atoms with Crippen molar-refractivity contribution in [2.24, 2.45) is 5.92 Å². The van der Waals surface area contributed by atoms with Gasteiger partial charge in [0.15, 0.2) is 0 Å². The van der Waals surface area contributed by atoms with Crippen LogP contribution < -0.4 is 10.6 Å². The molecule has 31 heavy (non-hydrogen) atoms. The van der Waals surface area contributed by atoms with Crippen molar-refractivity contribution in [3.05, 3.63) is 19.2 Å². The number of alkyl carbamates (subject to hydrolysis) is 1. The molecular formula is C20H30N3O7U-. The van der Waals surface area contributed by atoms with Crippen molar-refractivity contribution in [1.29, 1.82) is 0 Å². The fourth-order valence-corrected chi connectivity index (χ4v) is 3.38. The third-order valence-corrected chi connectivity index (χ3v) is 4.86. The largest absolute Gasteiger partial charge is 0.464 e. The molecule has 0 aromatic heterocycles. The van der Waals surface area contributed by atoms with E-state index in [0.717, 1.165) is 11.4 Å². The summed E-state index contributed by atoms with van der Waals surface area (Å²) in [6, 6.07) is -0.999. The summed E-state index contributed by atoms with van der Waals surface area (Å²) in [6.45, 7) is 11.3. The number of hydrogen-bond donors (Lipinski definition) is 3. The zero-order valence-corrected chi connectivity index (χ0v) is 22.4. The fourth-order valence-electron chi connectivity index (χ4n) is 3.38. The van der Waals surface area contributed by atoms with Gasteiger partial charge in [-0.25, -0.2) is 16.1 Å². The van der Waals surface area contributed by atoms with Crippen LogP contribution in [0.25, 0.3) is 0 Å². The minimum absolute atomic E-state index is 0. The van der Waals surface area contributed by atoms with Crippen LogP contribution in [-0.4, -0.2) is 70.3 Å². The van der Waals surface area contributed by atoms with Crippen LogP contribution in [0.15, 0.2) is 12.7 Å². The number of carbonyl (C=O) groups is 4. The Morgan fingerprint density at radius 2 is 1.97 bits per heavy atom. The predicted octanol–water partition coefficient (Wildman–Crippen LogP) is 0.259. The fraction of sp³-hybridized carbons (Fsp3) is 0.650. The van der Waals surface area contributed by atoms with Crippen LogP contribution in [0.5, 0.6) is 0 Å². The van der Waals surface area contributed by atoms with E-state index < -0.39 is 47.2 Å². The average Bonchev–Trinajstić information content (AvgIpc) is 3.21. The van der Waals surface area contributed by atoms with E-state index in [4.69, 9.17) is 9.47 Å². The molecule has 4 atom stereocenters. The van der Waals surface area contributed by atoms with Gasteiger partial charge in [0.2, 0.25) is 5.91 Å². The third kappa shape index (κ3) is 6.89. The zero-order chi connectivity index (χ0) is 22.7. The Bertz CT molecular complexity index is 724. The SMILES string of the molecule is C=C[C@@H]1C[C@]1(NC(=O)[C@@H]1C[C@@H](O)CN1C(=O)[CH-]NC(=O)OC(C)(C)C)C(=O)OCC.[U]. The van der Waals surface area contributed by atoms with E-state index in [1.165, 1.54) is 0 Å². The number of carbonyl (C=O) groups excluding carboxylic acids is 4. The molecule has 2 rings (SSSR count). The molecule has 0 aromatic carbocycles. The Balaban J connectivity index is 0.00000480. The van der Waals surface area contributed by atoms with E-state index >= 15 is 0 Å². The first-order valence-corrected chi connectivity index (χ1v) is 9.86. The third-order valence-electron chi connectivity index (χ3n) is 4.86. The van der Waals surface area contributed by atoms with Crippen molar-refractivity contribution in [1.82, 2.24) is 15.5 Å². The molecule has 0 bridgehead atoms. The number of rotatable bonds is 7. The van der Waals surface area contributed by atoms with E-state index in [2.05, 4.69) is 17.2 Å². The van der Waals surface area contributed by atoms with Crippen LogP contribution in [-0.2, 0) is 23.9 Å². The minimum atomic E-state index is -1.20. The summed E-state index contributed by atoms with van der Waals surface area (Å²) >= 11 is 0. The van der Waals surface area contributed by atoms with Crippen LogP contribution in [0.1, 0.15) is 40.5 Å². The summed E-state index contributed by atoms with van der Waals surface area (Å²) in [7, 11) is 0. The van der Waals surface area contributed by atoms with Crippen LogP contribution in [0.4, 0.5) is 4.79 Å². The molecule has 2 aliphatic rings. The molecule has 11 heteroatoms. The number of β-amino-alcohol motifs (C(OH)–C–C–N with tert-alkyl or cyclic N) is 1. The monoisotopic (exact) mass is 662 g/mol. The quantitative estimate of drug-likeness (QED) is 0.202. The Morgan fingerprint density at radius 1 is 1.32 bits per heavy atom. The molecule has 1 saturated carbocycles.